The molecule has 0 saturated heterocycles. The molecule has 29 heavy (non-hydrogen) atoms. The van der Waals surface area contributed by atoms with E-state index in [0.717, 1.165) is 6.42 Å². The Labute approximate surface area is 173 Å². The van der Waals surface area contributed by atoms with E-state index < -0.39 is 35.7 Å². The molecule has 0 unspecified atom stereocenters. The van der Waals surface area contributed by atoms with Gasteiger partial charge in [0.1, 0.15) is 23.5 Å². The van der Waals surface area contributed by atoms with Crippen molar-refractivity contribution in [3.63, 3.8) is 0 Å². The van der Waals surface area contributed by atoms with Gasteiger partial charge in [0.25, 0.3) is 0 Å². The summed E-state index contributed by atoms with van der Waals surface area (Å²) in [4.78, 5) is 49.3. The average Bonchev–Trinajstić information content (AvgIpc) is 2.94. The third-order valence-electron chi connectivity index (χ3n) is 4.58. The highest BCUT2D eigenvalue weighted by Crippen LogP contribution is 2.26. The normalized spacial score (nSPS) is 19.3. The lowest BCUT2D eigenvalue weighted by atomic mass is 9.87. The molecule has 8 heteroatoms. The number of methoxy groups -OCH3 is 1. The topological polar surface area (TPSA) is 111 Å². The minimum atomic E-state index is -0.942. The van der Waals surface area contributed by atoms with E-state index >= 15 is 0 Å². The van der Waals surface area contributed by atoms with Gasteiger partial charge in [-0.1, -0.05) is 20.8 Å². The number of alkyl carbamates (subject to hydrolysis) is 1. The van der Waals surface area contributed by atoms with Gasteiger partial charge in [0.15, 0.2) is 0 Å². The number of amides is 2. The number of esters is 1. The Balaban J connectivity index is 2.91. The quantitative estimate of drug-likeness (QED) is 0.622. The third kappa shape index (κ3) is 9.28. The number of rotatable bonds is 7. The largest absolute Gasteiger partial charge is 0.467 e. The molecule has 1 aliphatic carbocycles. The lowest BCUT2D eigenvalue weighted by Gasteiger charge is -2.29. The second-order valence-electron chi connectivity index (χ2n) is 9.84. The van der Waals surface area contributed by atoms with Gasteiger partial charge in [-0.25, -0.2) is 9.59 Å². The number of Topliss-reactive ketones (excluding diaryl/α,β-unsaturated/α-hetero) is 1. The van der Waals surface area contributed by atoms with Crippen molar-refractivity contribution in [1.29, 1.82) is 0 Å². The monoisotopic (exact) mass is 412 g/mol. The van der Waals surface area contributed by atoms with Gasteiger partial charge in [0.05, 0.1) is 7.11 Å². The van der Waals surface area contributed by atoms with Crippen LogP contribution in [0.3, 0.4) is 0 Å². The maximum atomic E-state index is 12.9. The zero-order chi connectivity index (χ0) is 22.4. The highest BCUT2D eigenvalue weighted by Gasteiger charge is 2.35. The average molecular weight is 413 g/mol. The Hall–Kier alpha value is -2.12. The van der Waals surface area contributed by atoms with Gasteiger partial charge in [0, 0.05) is 12.3 Å². The molecule has 0 aromatic carbocycles. The van der Waals surface area contributed by atoms with E-state index in [-0.39, 0.29) is 23.5 Å². The zero-order valence-corrected chi connectivity index (χ0v) is 18.7. The van der Waals surface area contributed by atoms with Crippen molar-refractivity contribution >= 4 is 23.8 Å². The van der Waals surface area contributed by atoms with Crippen molar-refractivity contribution in [2.24, 2.45) is 11.3 Å². The molecule has 0 spiro atoms. The maximum Gasteiger partial charge on any atom is 0.408 e. The van der Waals surface area contributed by atoms with E-state index in [2.05, 4.69) is 10.6 Å². The Bertz CT molecular complexity index is 618. The molecular weight excluding hydrogens is 376 g/mol. The number of hydrogen-bond acceptors (Lipinski definition) is 6. The standard InChI is InChI=1S/C21H36N2O6/c1-20(2,3)12-15(23-19(27)29-21(4,5)6)17(25)22-14(18(26)28-7)11-13-9-8-10-16(13)24/h13-15H,8-12H2,1-7H3,(H,22,25)(H,23,27)/t13-,14-,15-/m0/s1. The highest BCUT2D eigenvalue weighted by molar-refractivity contribution is 5.90. The molecule has 3 atom stereocenters. The number of carbonyl (C=O) groups excluding carboxylic acids is 4. The molecule has 1 rings (SSSR count). The van der Waals surface area contributed by atoms with Crippen LogP contribution in [0.15, 0.2) is 0 Å². The van der Waals surface area contributed by atoms with Crippen LogP contribution in [0, 0.1) is 11.3 Å². The van der Waals surface area contributed by atoms with Crippen molar-refractivity contribution < 1.29 is 28.7 Å². The van der Waals surface area contributed by atoms with Crippen LogP contribution in [-0.4, -0.2) is 48.5 Å². The highest BCUT2D eigenvalue weighted by atomic mass is 16.6. The molecule has 0 bridgehead atoms. The van der Waals surface area contributed by atoms with Crippen molar-refractivity contribution in [3.8, 4) is 0 Å². The number of nitrogens with one attached hydrogen (secondary N) is 2. The van der Waals surface area contributed by atoms with Gasteiger partial charge in [-0.3, -0.25) is 9.59 Å². The van der Waals surface area contributed by atoms with Crippen LogP contribution < -0.4 is 10.6 Å². The van der Waals surface area contributed by atoms with E-state index in [0.29, 0.717) is 19.3 Å². The van der Waals surface area contributed by atoms with Gasteiger partial charge in [-0.2, -0.15) is 0 Å². The van der Waals surface area contributed by atoms with Gasteiger partial charge in [0.2, 0.25) is 5.91 Å². The molecule has 2 amide bonds. The van der Waals surface area contributed by atoms with Crippen LogP contribution in [0.25, 0.3) is 0 Å². The van der Waals surface area contributed by atoms with Gasteiger partial charge in [-0.15, -0.1) is 0 Å². The molecular formula is C21H36N2O6. The summed E-state index contributed by atoms with van der Waals surface area (Å²) in [7, 11) is 1.24. The van der Waals surface area contributed by atoms with Crippen molar-refractivity contribution in [1.82, 2.24) is 10.6 Å². The van der Waals surface area contributed by atoms with Crippen LogP contribution in [0.5, 0.6) is 0 Å². The summed E-state index contributed by atoms with van der Waals surface area (Å²) < 4.78 is 10.1. The summed E-state index contributed by atoms with van der Waals surface area (Å²) in [6.45, 7) is 11.0. The van der Waals surface area contributed by atoms with Crippen LogP contribution in [0.1, 0.15) is 73.6 Å². The SMILES string of the molecule is COC(=O)[C@H](C[C@@H]1CCCC1=O)NC(=O)[C@H](CC(C)(C)C)NC(=O)OC(C)(C)C. The zero-order valence-electron chi connectivity index (χ0n) is 18.7. The molecule has 1 saturated carbocycles. The Morgan fingerprint density at radius 1 is 1.07 bits per heavy atom. The molecule has 1 fully saturated rings. The number of carbonyl (C=O) groups is 4. The van der Waals surface area contributed by atoms with E-state index in [1.54, 1.807) is 20.8 Å². The summed E-state index contributed by atoms with van der Waals surface area (Å²) >= 11 is 0. The van der Waals surface area contributed by atoms with E-state index in [9.17, 15) is 19.2 Å². The molecule has 0 heterocycles. The summed E-state index contributed by atoms with van der Waals surface area (Å²) in [5.74, 6) is -1.28. The number of ether oxygens (including phenoxy) is 2. The Morgan fingerprint density at radius 3 is 2.14 bits per heavy atom. The summed E-state index contributed by atoms with van der Waals surface area (Å²) in [5, 5.41) is 5.27. The second kappa shape index (κ2) is 10.1. The predicted octanol–water partition coefficient (Wildman–Crippen LogP) is 2.73. The number of hydrogen-bond donors (Lipinski definition) is 2. The summed E-state index contributed by atoms with van der Waals surface area (Å²) in [5.41, 5.74) is -0.969. The van der Waals surface area contributed by atoms with Crippen molar-refractivity contribution in [2.45, 2.75) is 91.3 Å². The maximum absolute atomic E-state index is 12.9. The smallest absolute Gasteiger partial charge is 0.408 e. The Morgan fingerprint density at radius 2 is 1.69 bits per heavy atom. The van der Waals surface area contributed by atoms with E-state index in [1.807, 2.05) is 20.8 Å². The van der Waals surface area contributed by atoms with Crippen LogP contribution in [0.4, 0.5) is 4.79 Å². The Kier molecular flexibility index (Phi) is 8.65. The second-order valence-corrected chi connectivity index (χ2v) is 9.84. The predicted molar refractivity (Wildman–Crippen MR) is 108 cm³/mol. The van der Waals surface area contributed by atoms with Gasteiger partial charge in [-0.05, 0) is 51.9 Å². The van der Waals surface area contributed by atoms with Gasteiger partial charge < -0.3 is 20.1 Å². The molecule has 0 radical (unpaired) electrons. The molecule has 2 N–H and O–H groups in total. The van der Waals surface area contributed by atoms with E-state index in [4.69, 9.17) is 9.47 Å². The summed E-state index contributed by atoms with van der Waals surface area (Å²) in [6.07, 6.45) is 1.82. The minimum absolute atomic E-state index is 0.103. The van der Waals surface area contributed by atoms with Crippen LogP contribution >= 0.6 is 0 Å². The first-order valence-electron chi connectivity index (χ1n) is 10.1. The molecule has 0 aliphatic heterocycles. The van der Waals surface area contributed by atoms with Crippen molar-refractivity contribution in [3.05, 3.63) is 0 Å². The fourth-order valence-corrected chi connectivity index (χ4v) is 3.32. The first kappa shape index (κ1) is 24.9. The van der Waals surface area contributed by atoms with E-state index in [1.165, 1.54) is 7.11 Å². The molecule has 166 valence electrons. The fourth-order valence-electron chi connectivity index (χ4n) is 3.32. The van der Waals surface area contributed by atoms with Crippen LogP contribution in [0.2, 0.25) is 0 Å². The first-order chi connectivity index (χ1) is 13.2. The lowest BCUT2D eigenvalue weighted by molar-refractivity contribution is -0.146. The molecule has 0 aromatic heterocycles. The van der Waals surface area contributed by atoms with Gasteiger partial charge >= 0.3 is 12.1 Å². The molecule has 0 aromatic rings. The summed E-state index contributed by atoms with van der Waals surface area (Å²) in [6, 6.07) is -1.83. The third-order valence-corrected chi connectivity index (χ3v) is 4.58. The van der Waals surface area contributed by atoms with Crippen molar-refractivity contribution in [2.75, 3.05) is 7.11 Å². The minimum Gasteiger partial charge on any atom is -0.467 e. The first-order valence-corrected chi connectivity index (χ1v) is 10.1. The fraction of sp³-hybridized carbons (Fsp3) is 0.810. The lowest BCUT2D eigenvalue weighted by Crippen LogP contribution is -2.54. The molecule has 1 aliphatic rings. The van der Waals surface area contributed by atoms with Crippen LogP contribution in [-0.2, 0) is 23.9 Å². The number of ketones is 1. The molecule has 8 nitrogen and oxygen atoms in total.